The minimum Gasteiger partial charge on any atom is -0.465 e. The van der Waals surface area contributed by atoms with E-state index in [0.29, 0.717) is 5.56 Å². The Kier molecular flexibility index (Phi) is 2.88. The van der Waals surface area contributed by atoms with Crippen molar-refractivity contribution in [2.24, 2.45) is 0 Å². The summed E-state index contributed by atoms with van der Waals surface area (Å²) in [6, 6.07) is 5.50. The molecule has 1 heterocycles. The number of hydrogen-bond donors (Lipinski definition) is 0. The second-order valence-corrected chi connectivity index (χ2v) is 3.91. The molecule has 0 aliphatic rings. The van der Waals surface area contributed by atoms with E-state index in [2.05, 4.69) is 0 Å². The number of methoxy groups -OCH3 is 1. The Bertz CT molecular complexity index is 545. The highest BCUT2D eigenvalue weighted by atomic mass is 35.5. The highest BCUT2D eigenvalue weighted by Crippen LogP contribution is 2.24. The lowest BCUT2D eigenvalue weighted by Gasteiger charge is -2.05. The molecule has 0 aliphatic carbocycles. The Morgan fingerprint density at radius 1 is 1.50 bits per heavy atom. The first-order valence-corrected chi connectivity index (χ1v) is 5.39. The normalized spacial score (nSPS) is 10.7. The van der Waals surface area contributed by atoms with Crippen LogP contribution in [0.1, 0.15) is 22.8 Å². The summed E-state index contributed by atoms with van der Waals surface area (Å²) in [4.78, 5) is 11.5. The van der Waals surface area contributed by atoms with E-state index in [9.17, 15) is 4.79 Å². The van der Waals surface area contributed by atoms with Crippen LogP contribution in [-0.2, 0) is 11.2 Å². The number of hydrogen-bond acceptors (Lipinski definition) is 2. The van der Waals surface area contributed by atoms with Crippen molar-refractivity contribution in [2.75, 3.05) is 7.11 Å². The quantitative estimate of drug-likeness (QED) is 0.752. The minimum absolute atomic E-state index is 0.320. The van der Waals surface area contributed by atoms with Gasteiger partial charge in [0.1, 0.15) is 0 Å². The summed E-state index contributed by atoms with van der Waals surface area (Å²) in [7, 11) is 1.38. The van der Waals surface area contributed by atoms with Crippen molar-refractivity contribution in [3.05, 3.63) is 35.5 Å². The molecule has 0 amide bonds. The molecule has 0 saturated carbocycles. The van der Waals surface area contributed by atoms with Crippen molar-refractivity contribution in [1.82, 2.24) is 4.09 Å². The average molecular weight is 238 g/mol. The second-order valence-electron chi connectivity index (χ2n) is 3.55. The van der Waals surface area contributed by atoms with Crippen LogP contribution in [0.2, 0.25) is 0 Å². The van der Waals surface area contributed by atoms with Gasteiger partial charge >= 0.3 is 5.97 Å². The minimum atomic E-state index is -0.320. The van der Waals surface area contributed by atoms with E-state index in [-0.39, 0.29) is 5.97 Å². The molecule has 0 bridgehead atoms. The number of aromatic nitrogens is 1. The molecular weight excluding hydrogens is 226 g/mol. The number of rotatable bonds is 2. The van der Waals surface area contributed by atoms with Crippen molar-refractivity contribution in [2.45, 2.75) is 13.3 Å². The summed E-state index contributed by atoms with van der Waals surface area (Å²) >= 11 is 6.02. The molecule has 0 unspecified atom stereocenters. The van der Waals surface area contributed by atoms with Crippen LogP contribution in [0.15, 0.2) is 24.4 Å². The molecule has 0 N–H and O–H groups in total. The third-order valence-electron chi connectivity index (χ3n) is 2.62. The lowest BCUT2D eigenvalue weighted by Crippen LogP contribution is -2.02. The summed E-state index contributed by atoms with van der Waals surface area (Å²) in [5.41, 5.74) is 2.56. The fraction of sp³-hybridized carbons (Fsp3) is 0.250. The van der Waals surface area contributed by atoms with Gasteiger partial charge in [-0.05, 0) is 30.2 Å². The first kappa shape index (κ1) is 11.0. The summed E-state index contributed by atoms with van der Waals surface area (Å²) in [6.07, 6.45) is 2.59. The molecule has 1 aromatic carbocycles. The number of benzene rings is 1. The second kappa shape index (κ2) is 4.18. The summed E-state index contributed by atoms with van der Waals surface area (Å²) in [6.45, 7) is 2.03. The maximum absolute atomic E-state index is 11.5. The maximum atomic E-state index is 11.5. The number of ether oxygens (including phenoxy) is 1. The monoisotopic (exact) mass is 237 g/mol. The smallest absolute Gasteiger partial charge is 0.337 e. The van der Waals surface area contributed by atoms with Crippen LogP contribution in [-0.4, -0.2) is 17.2 Å². The molecule has 3 nitrogen and oxygen atoms in total. The van der Waals surface area contributed by atoms with E-state index in [1.165, 1.54) is 7.11 Å². The van der Waals surface area contributed by atoms with Gasteiger partial charge in [-0.25, -0.2) is 4.79 Å². The number of nitrogens with zero attached hydrogens (tertiary/aromatic N) is 1. The van der Waals surface area contributed by atoms with Crippen molar-refractivity contribution in [3.63, 3.8) is 0 Å². The van der Waals surface area contributed by atoms with Gasteiger partial charge in [0.15, 0.2) is 0 Å². The molecule has 0 fully saturated rings. The fourth-order valence-corrected chi connectivity index (χ4v) is 2.09. The van der Waals surface area contributed by atoms with Crippen LogP contribution in [0.5, 0.6) is 0 Å². The van der Waals surface area contributed by atoms with Crippen LogP contribution in [0, 0.1) is 0 Å². The van der Waals surface area contributed by atoms with Gasteiger partial charge in [-0.3, -0.25) is 4.09 Å². The van der Waals surface area contributed by atoms with Gasteiger partial charge in [-0.1, -0.05) is 6.92 Å². The van der Waals surface area contributed by atoms with Crippen LogP contribution < -0.4 is 0 Å². The highest BCUT2D eigenvalue weighted by molar-refractivity contribution is 6.19. The van der Waals surface area contributed by atoms with Gasteiger partial charge in [-0.2, -0.15) is 0 Å². The van der Waals surface area contributed by atoms with Crippen LogP contribution in [0.3, 0.4) is 0 Å². The van der Waals surface area contributed by atoms with Crippen molar-refractivity contribution < 1.29 is 9.53 Å². The molecule has 0 aliphatic heterocycles. The first-order valence-electron chi connectivity index (χ1n) is 5.05. The number of carbonyl (C=O) groups excluding carboxylic acids is 1. The van der Waals surface area contributed by atoms with Crippen molar-refractivity contribution in [3.8, 4) is 0 Å². The molecule has 0 atom stereocenters. The molecule has 2 aromatic rings. The topological polar surface area (TPSA) is 31.2 Å². The van der Waals surface area contributed by atoms with E-state index in [4.69, 9.17) is 16.5 Å². The molecular formula is C12H12ClNO2. The lowest BCUT2D eigenvalue weighted by atomic mass is 10.0. The molecule has 84 valence electrons. The lowest BCUT2D eigenvalue weighted by molar-refractivity contribution is 0.0601. The largest absolute Gasteiger partial charge is 0.465 e. The predicted octanol–water partition coefficient (Wildman–Crippen LogP) is 2.99. The number of aryl methyl sites for hydroxylation is 1. The zero-order valence-electron chi connectivity index (χ0n) is 9.16. The molecule has 0 spiro atoms. The molecule has 0 radical (unpaired) electrons. The SMILES string of the molecule is CCc1cc(C(=O)OC)cc2ccn(Cl)c12. The number of halogens is 1. The third-order valence-corrected chi connectivity index (χ3v) is 2.90. The number of carbonyl (C=O) groups is 1. The Morgan fingerprint density at radius 3 is 2.88 bits per heavy atom. The maximum Gasteiger partial charge on any atom is 0.337 e. The number of fused-ring (bicyclic) bond motifs is 1. The van der Waals surface area contributed by atoms with Crippen LogP contribution >= 0.6 is 11.8 Å². The van der Waals surface area contributed by atoms with E-state index in [1.54, 1.807) is 16.3 Å². The Hall–Kier alpha value is -1.48. The molecule has 4 heteroatoms. The van der Waals surface area contributed by atoms with E-state index in [1.807, 2.05) is 19.1 Å². The zero-order valence-corrected chi connectivity index (χ0v) is 9.91. The van der Waals surface area contributed by atoms with E-state index in [0.717, 1.165) is 22.9 Å². The molecule has 2 rings (SSSR count). The van der Waals surface area contributed by atoms with Crippen LogP contribution in [0.25, 0.3) is 10.9 Å². The fourth-order valence-electron chi connectivity index (χ4n) is 1.83. The van der Waals surface area contributed by atoms with Crippen LogP contribution in [0.4, 0.5) is 0 Å². The summed E-state index contributed by atoms with van der Waals surface area (Å²) in [5, 5.41) is 0.953. The van der Waals surface area contributed by atoms with Gasteiger partial charge in [0.05, 0.1) is 18.2 Å². The third kappa shape index (κ3) is 1.67. The Morgan fingerprint density at radius 2 is 2.25 bits per heavy atom. The Labute approximate surface area is 98.7 Å². The van der Waals surface area contributed by atoms with Gasteiger partial charge in [0.2, 0.25) is 0 Å². The van der Waals surface area contributed by atoms with Gasteiger partial charge in [0.25, 0.3) is 0 Å². The Balaban J connectivity index is 2.69. The van der Waals surface area contributed by atoms with Crippen molar-refractivity contribution in [1.29, 1.82) is 0 Å². The summed E-state index contributed by atoms with van der Waals surface area (Å²) < 4.78 is 6.26. The predicted molar refractivity (Wildman–Crippen MR) is 63.9 cm³/mol. The highest BCUT2D eigenvalue weighted by Gasteiger charge is 2.11. The molecule has 0 saturated heterocycles. The van der Waals surface area contributed by atoms with E-state index < -0.39 is 0 Å². The standard InChI is InChI=1S/C12H12ClNO2/c1-3-8-6-10(12(15)16-2)7-9-4-5-14(13)11(8)9/h4-7H,3H2,1-2H3. The molecule has 16 heavy (non-hydrogen) atoms. The van der Waals surface area contributed by atoms with Gasteiger partial charge < -0.3 is 4.74 Å². The van der Waals surface area contributed by atoms with Crippen molar-refractivity contribution >= 4 is 28.6 Å². The van der Waals surface area contributed by atoms with Gasteiger partial charge in [-0.15, -0.1) is 0 Å². The average Bonchev–Trinajstić information content (AvgIpc) is 2.69. The summed E-state index contributed by atoms with van der Waals surface area (Å²) in [5.74, 6) is -0.320. The zero-order chi connectivity index (χ0) is 11.7. The first-order chi connectivity index (χ1) is 7.67. The number of esters is 1. The van der Waals surface area contributed by atoms with E-state index >= 15 is 0 Å². The molecule has 1 aromatic heterocycles. The van der Waals surface area contributed by atoms with Gasteiger partial charge in [0, 0.05) is 23.4 Å².